The fraction of sp³-hybridized carbons (Fsp3) is 0.312. The number of aliphatic carboxylic acids is 1. The summed E-state index contributed by atoms with van der Waals surface area (Å²) >= 11 is 0. The van der Waals surface area contributed by atoms with Crippen molar-refractivity contribution >= 4 is 5.97 Å². The lowest BCUT2D eigenvalue weighted by Crippen LogP contribution is -2.39. The van der Waals surface area contributed by atoms with Gasteiger partial charge in [-0.1, -0.05) is 30.3 Å². The number of hydrogen-bond donors (Lipinski definition) is 1. The number of hydrogen-bond acceptors (Lipinski definition) is 3. The summed E-state index contributed by atoms with van der Waals surface area (Å²) in [5.74, 6) is -0.0858. The Morgan fingerprint density at radius 2 is 1.90 bits per heavy atom. The fourth-order valence-corrected chi connectivity index (χ4v) is 2.33. The van der Waals surface area contributed by atoms with E-state index in [1.165, 1.54) is 0 Å². The third-order valence-corrected chi connectivity index (χ3v) is 3.24. The van der Waals surface area contributed by atoms with Crippen molar-refractivity contribution in [2.75, 3.05) is 6.54 Å². The molecule has 2 aromatic rings. The van der Waals surface area contributed by atoms with Crippen LogP contribution in [0.15, 0.2) is 53.1 Å². The predicted molar refractivity (Wildman–Crippen MR) is 76.5 cm³/mol. The molecule has 0 saturated carbocycles. The molecule has 2 rings (SSSR count). The van der Waals surface area contributed by atoms with Gasteiger partial charge >= 0.3 is 5.97 Å². The van der Waals surface area contributed by atoms with Gasteiger partial charge < -0.3 is 9.52 Å². The highest BCUT2D eigenvalue weighted by molar-refractivity contribution is 5.69. The fourth-order valence-electron chi connectivity index (χ4n) is 2.33. The van der Waals surface area contributed by atoms with Gasteiger partial charge in [0, 0.05) is 6.04 Å². The monoisotopic (exact) mass is 273 g/mol. The topological polar surface area (TPSA) is 53.7 Å². The van der Waals surface area contributed by atoms with Crippen molar-refractivity contribution in [3.05, 3.63) is 60.1 Å². The van der Waals surface area contributed by atoms with Crippen LogP contribution in [-0.2, 0) is 4.79 Å². The van der Waals surface area contributed by atoms with Crippen molar-refractivity contribution in [3.8, 4) is 0 Å². The minimum Gasteiger partial charge on any atom is -0.480 e. The Hall–Kier alpha value is -2.07. The first-order valence-corrected chi connectivity index (χ1v) is 6.65. The van der Waals surface area contributed by atoms with Crippen LogP contribution < -0.4 is 0 Å². The maximum absolute atomic E-state index is 11.1. The smallest absolute Gasteiger partial charge is 0.317 e. The molecule has 1 N–H and O–H groups in total. The van der Waals surface area contributed by atoms with Crippen molar-refractivity contribution < 1.29 is 14.3 Å². The Morgan fingerprint density at radius 3 is 2.40 bits per heavy atom. The van der Waals surface area contributed by atoms with Gasteiger partial charge in [-0.15, -0.1) is 0 Å². The van der Waals surface area contributed by atoms with E-state index in [0.29, 0.717) is 0 Å². The maximum Gasteiger partial charge on any atom is 0.317 e. The van der Waals surface area contributed by atoms with Crippen LogP contribution in [0.1, 0.15) is 31.2 Å². The van der Waals surface area contributed by atoms with Crippen LogP contribution in [0.25, 0.3) is 0 Å². The Labute approximate surface area is 118 Å². The van der Waals surface area contributed by atoms with Crippen molar-refractivity contribution in [2.24, 2.45) is 0 Å². The molecule has 20 heavy (non-hydrogen) atoms. The van der Waals surface area contributed by atoms with Gasteiger partial charge in [0.05, 0.1) is 18.8 Å². The molecule has 0 bridgehead atoms. The SMILES string of the molecule is CC(C)N(CC(=O)O)C(c1ccccc1)c1ccco1. The van der Waals surface area contributed by atoms with E-state index in [1.807, 2.05) is 61.2 Å². The van der Waals surface area contributed by atoms with Gasteiger partial charge in [-0.05, 0) is 31.5 Å². The summed E-state index contributed by atoms with van der Waals surface area (Å²) in [6, 6.07) is 13.4. The van der Waals surface area contributed by atoms with Crippen LogP contribution in [0.3, 0.4) is 0 Å². The summed E-state index contributed by atoms with van der Waals surface area (Å²) in [7, 11) is 0. The molecule has 4 heteroatoms. The quantitative estimate of drug-likeness (QED) is 0.878. The van der Waals surface area contributed by atoms with Gasteiger partial charge in [0.2, 0.25) is 0 Å². The second kappa shape index (κ2) is 6.39. The molecule has 0 radical (unpaired) electrons. The van der Waals surface area contributed by atoms with Crippen LogP contribution in [-0.4, -0.2) is 28.6 Å². The Bertz CT molecular complexity index is 534. The number of carboxylic acids is 1. The number of nitrogens with zero attached hydrogens (tertiary/aromatic N) is 1. The van der Waals surface area contributed by atoms with Crippen molar-refractivity contribution in [3.63, 3.8) is 0 Å². The molecule has 0 aliphatic carbocycles. The molecule has 1 atom stereocenters. The number of carboxylic acid groups (broad SMARTS) is 1. The summed E-state index contributed by atoms with van der Waals surface area (Å²) in [5.41, 5.74) is 1.03. The molecular formula is C16H19NO3. The number of furan rings is 1. The lowest BCUT2D eigenvalue weighted by atomic mass is 10.0. The van der Waals surface area contributed by atoms with Crippen molar-refractivity contribution in [2.45, 2.75) is 25.9 Å². The van der Waals surface area contributed by atoms with E-state index in [9.17, 15) is 4.79 Å². The Balaban J connectivity index is 2.42. The zero-order chi connectivity index (χ0) is 14.5. The van der Waals surface area contributed by atoms with E-state index in [2.05, 4.69) is 0 Å². The maximum atomic E-state index is 11.1. The lowest BCUT2D eigenvalue weighted by Gasteiger charge is -2.32. The zero-order valence-electron chi connectivity index (χ0n) is 11.7. The third kappa shape index (κ3) is 3.27. The minimum absolute atomic E-state index is 0.0298. The summed E-state index contributed by atoms with van der Waals surface area (Å²) in [6.45, 7) is 3.95. The summed E-state index contributed by atoms with van der Waals surface area (Å²) < 4.78 is 5.53. The standard InChI is InChI=1S/C16H19NO3/c1-12(2)17(11-15(18)19)16(14-9-6-10-20-14)13-7-4-3-5-8-13/h3-10,12,16H,11H2,1-2H3,(H,18,19). The molecule has 1 aromatic heterocycles. The van der Waals surface area contributed by atoms with Gasteiger partial charge in [0.25, 0.3) is 0 Å². The van der Waals surface area contributed by atoms with E-state index in [4.69, 9.17) is 9.52 Å². The van der Waals surface area contributed by atoms with Gasteiger partial charge in [-0.25, -0.2) is 0 Å². The molecule has 106 valence electrons. The molecule has 0 saturated heterocycles. The minimum atomic E-state index is -0.841. The highest BCUT2D eigenvalue weighted by Gasteiger charge is 2.28. The molecule has 1 aromatic carbocycles. The first-order chi connectivity index (χ1) is 9.59. The van der Waals surface area contributed by atoms with Gasteiger partial charge in [-0.3, -0.25) is 9.69 Å². The number of rotatable bonds is 6. The van der Waals surface area contributed by atoms with Crippen LogP contribution in [0.4, 0.5) is 0 Å². The molecule has 0 aliphatic heterocycles. The third-order valence-electron chi connectivity index (χ3n) is 3.24. The summed E-state index contributed by atoms with van der Waals surface area (Å²) in [5, 5.41) is 9.15. The predicted octanol–water partition coefficient (Wildman–Crippen LogP) is 3.16. The highest BCUT2D eigenvalue weighted by atomic mass is 16.4. The molecule has 0 spiro atoms. The van der Waals surface area contributed by atoms with Crippen LogP contribution in [0.5, 0.6) is 0 Å². The average molecular weight is 273 g/mol. The van der Waals surface area contributed by atoms with E-state index < -0.39 is 5.97 Å². The molecule has 1 unspecified atom stereocenters. The highest BCUT2D eigenvalue weighted by Crippen LogP contribution is 2.30. The molecule has 1 heterocycles. The van der Waals surface area contributed by atoms with E-state index in [0.717, 1.165) is 11.3 Å². The zero-order valence-corrected chi connectivity index (χ0v) is 11.7. The van der Waals surface area contributed by atoms with Crippen molar-refractivity contribution in [1.82, 2.24) is 4.90 Å². The first kappa shape index (κ1) is 14.3. The molecule has 4 nitrogen and oxygen atoms in total. The van der Waals surface area contributed by atoms with E-state index in [-0.39, 0.29) is 18.6 Å². The van der Waals surface area contributed by atoms with E-state index in [1.54, 1.807) is 6.26 Å². The lowest BCUT2D eigenvalue weighted by molar-refractivity contribution is -0.139. The van der Waals surface area contributed by atoms with Gasteiger partial charge in [0.1, 0.15) is 5.76 Å². The van der Waals surface area contributed by atoms with Crippen LogP contribution in [0.2, 0.25) is 0 Å². The summed E-state index contributed by atoms with van der Waals surface area (Å²) in [4.78, 5) is 13.1. The molecule has 0 aliphatic rings. The number of carbonyl (C=O) groups is 1. The Kier molecular flexibility index (Phi) is 4.58. The second-order valence-corrected chi connectivity index (χ2v) is 4.99. The molecule has 0 fully saturated rings. The normalized spacial score (nSPS) is 12.8. The number of benzene rings is 1. The van der Waals surface area contributed by atoms with Gasteiger partial charge in [0.15, 0.2) is 0 Å². The van der Waals surface area contributed by atoms with Gasteiger partial charge in [-0.2, -0.15) is 0 Å². The first-order valence-electron chi connectivity index (χ1n) is 6.65. The van der Waals surface area contributed by atoms with Crippen LogP contribution >= 0.6 is 0 Å². The average Bonchev–Trinajstić information content (AvgIpc) is 2.92. The Morgan fingerprint density at radius 1 is 1.20 bits per heavy atom. The van der Waals surface area contributed by atoms with E-state index >= 15 is 0 Å². The largest absolute Gasteiger partial charge is 0.480 e. The van der Waals surface area contributed by atoms with Crippen molar-refractivity contribution in [1.29, 1.82) is 0 Å². The second-order valence-electron chi connectivity index (χ2n) is 4.99. The molecule has 0 amide bonds. The van der Waals surface area contributed by atoms with Crippen LogP contribution in [0, 0.1) is 0 Å². The summed E-state index contributed by atoms with van der Waals surface area (Å²) in [6.07, 6.45) is 1.62. The molecular weight excluding hydrogens is 254 g/mol.